The number of rotatable bonds is 8. The predicted octanol–water partition coefficient (Wildman–Crippen LogP) is 1.59. The lowest BCUT2D eigenvalue weighted by Crippen LogP contribution is -2.29. The summed E-state index contributed by atoms with van der Waals surface area (Å²) in [6.45, 7) is 2.95. The number of benzene rings is 1. The Morgan fingerprint density at radius 2 is 2.15 bits per heavy atom. The van der Waals surface area contributed by atoms with E-state index in [2.05, 4.69) is 44.9 Å². The molecule has 142 valence electrons. The van der Waals surface area contributed by atoms with Gasteiger partial charge >= 0.3 is 0 Å². The molecule has 0 saturated heterocycles. The molecule has 1 fully saturated rings. The first-order chi connectivity index (χ1) is 13.2. The Kier molecular flexibility index (Phi) is 5.20. The van der Waals surface area contributed by atoms with Gasteiger partial charge in [0.05, 0.1) is 13.1 Å². The summed E-state index contributed by atoms with van der Waals surface area (Å²) in [6, 6.07) is 8.92. The standard InChI is InChI=1S/C20H25N5O2/c1-25(20(26)17-13-27-18(24-17)12-23-16-6-7-16)11-8-14-2-4-15(5-3-14)19-21-9-10-22-19/h2-5,13,16,23H,6-12H2,1H3,(H,21,22). The van der Waals surface area contributed by atoms with E-state index < -0.39 is 0 Å². The van der Waals surface area contributed by atoms with Crippen molar-refractivity contribution in [2.45, 2.75) is 31.8 Å². The van der Waals surface area contributed by atoms with Crippen LogP contribution in [0.4, 0.5) is 0 Å². The highest BCUT2D eigenvalue weighted by atomic mass is 16.3. The van der Waals surface area contributed by atoms with Crippen LogP contribution in [0.5, 0.6) is 0 Å². The summed E-state index contributed by atoms with van der Waals surface area (Å²) >= 11 is 0. The number of amides is 1. The van der Waals surface area contributed by atoms with Crippen molar-refractivity contribution in [1.82, 2.24) is 20.5 Å². The Bertz CT molecular complexity index is 823. The average molecular weight is 367 g/mol. The van der Waals surface area contributed by atoms with Gasteiger partial charge in [0.25, 0.3) is 5.91 Å². The molecule has 7 nitrogen and oxygen atoms in total. The molecule has 1 saturated carbocycles. The highest BCUT2D eigenvalue weighted by molar-refractivity contribution is 5.99. The molecule has 2 heterocycles. The van der Waals surface area contributed by atoms with Crippen molar-refractivity contribution in [2.24, 2.45) is 4.99 Å². The largest absolute Gasteiger partial charge is 0.447 e. The normalized spacial score (nSPS) is 16.1. The van der Waals surface area contributed by atoms with Crippen molar-refractivity contribution in [3.05, 3.63) is 53.2 Å². The second kappa shape index (κ2) is 7.92. The molecule has 1 aliphatic heterocycles. The molecule has 7 heteroatoms. The first kappa shape index (κ1) is 17.7. The fraction of sp³-hybridized carbons (Fsp3) is 0.450. The number of likely N-dealkylation sites (N-methyl/N-ethyl adjacent to an activating group) is 1. The SMILES string of the molecule is CN(CCc1ccc(C2=NCCN2)cc1)C(=O)c1coc(CNC2CC2)n1. The monoisotopic (exact) mass is 367 g/mol. The number of nitrogens with zero attached hydrogens (tertiary/aromatic N) is 3. The summed E-state index contributed by atoms with van der Waals surface area (Å²) < 4.78 is 5.40. The van der Waals surface area contributed by atoms with Crippen molar-refractivity contribution >= 4 is 11.7 Å². The Labute approximate surface area is 158 Å². The summed E-state index contributed by atoms with van der Waals surface area (Å²) in [5.74, 6) is 1.42. The number of hydrogen-bond donors (Lipinski definition) is 2. The molecule has 0 radical (unpaired) electrons. The number of carbonyl (C=O) groups is 1. The van der Waals surface area contributed by atoms with Gasteiger partial charge in [0.2, 0.25) is 5.89 Å². The van der Waals surface area contributed by atoms with Crippen LogP contribution in [0, 0.1) is 0 Å². The van der Waals surface area contributed by atoms with Gasteiger partial charge in [0.15, 0.2) is 5.69 Å². The molecule has 4 rings (SSSR count). The molecule has 0 unspecified atom stereocenters. The number of aromatic nitrogens is 1. The van der Waals surface area contributed by atoms with Crippen LogP contribution in [-0.4, -0.2) is 54.4 Å². The van der Waals surface area contributed by atoms with E-state index in [1.54, 1.807) is 11.9 Å². The number of amidine groups is 1. The van der Waals surface area contributed by atoms with E-state index >= 15 is 0 Å². The Morgan fingerprint density at radius 3 is 2.85 bits per heavy atom. The molecule has 0 spiro atoms. The van der Waals surface area contributed by atoms with Crippen LogP contribution in [0.25, 0.3) is 0 Å². The van der Waals surface area contributed by atoms with Crippen molar-refractivity contribution in [1.29, 1.82) is 0 Å². The second-order valence-corrected chi connectivity index (χ2v) is 7.11. The van der Waals surface area contributed by atoms with Crippen LogP contribution in [0.2, 0.25) is 0 Å². The van der Waals surface area contributed by atoms with Crippen molar-refractivity contribution in [3.8, 4) is 0 Å². The van der Waals surface area contributed by atoms with Gasteiger partial charge in [0.1, 0.15) is 12.1 Å². The molecule has 2 aromatic rings. The zero-order valence-electron chi connectivity index (χ0n) is 15.6. The number of nitrogens with one attached hydrogen (secondary N) is 2. The summed E-state index contributed by atoms with van der Waals surface area (Å²) in [5.41, 5.74) is 2.66. The number of oxazole rings is 1. The van der Waals surface area contributed by atoms with Crippen molar-refractivity contribution in [2.75, 3.05) is 26.7 Å². The number of carbonyl (C=O) groups excluding carboxylic acids is 1. The molecular formula is C20H25N5O2. The Morgan fingerprint density at radius 1 is 1.33 bits per heavy atom. The molecule has 1 amide bonds. The van der Waals surface area contributed by atoms with Gasteiger partial charge in [-0.05, 0) is 24.8 Å². The Balaban J connectivity index is 1.28. The van der Waals surface area contributed by atoms with Crippen molar-refractivity contribution < 1.29 is 9.21 Å². The fourth-order valence-corrected chi connectivity index (χ4v) is 3.02. The van der Waals surface area contributed by atoms with Crippen LogP contribution in [0.1, 0.15) is 40.3 Å². The van der Waals surface area contributed by atoms with Crippen LogP contribution in [0.15, 0.2) is 39.9 Å². The van der Waals surface area contributed by atoms with Gasteiger partial charge in [0, 0.05) is 31.7 Å². The average Bonchev–Trinajstić information content (AvgIpc) is 3.17. The topological polar surface area (TPSA) is 82.8 Å². The first-order valence-corrected chi connectivity index (χ1v) is 9.50. The second-order valence-electron chi connectivity index (χ2n) is 7.11. The quantitative estimate of drug-likeness (QED) is 0.740. The van der Waals surface area contributed by atoms with Gasteiger partial charge in [-0.15, -0.1) is 0 Å². The van der Waals surface area contributed by atoms with Crippen LogP contribution in [0.3, 0.4) is 0 Å². The molecule has 2 N–H and O–H groups in total. The van der Waals surface area contributed by atoms with E-state index in [9.17, 15) is 4.79 Å². The van der Waals surface area contributed by atoms with E-state index in [4.69, 9.17) is 4.42 Å². The molecule has 0 bridgehead atoms. The molecule has 1 aromatic carbocycles. The lowest BCUT2D eigenvalue weighted by Gasteiger charge is -2.15. The maximum absolute atomic E-state index is 12.5. The number of aliphatic imine (C=N–C) groups is 1. The van der Waals surface area contributed by atoms with Gasteiger partial charge in [-0.1, -0.05) is 24.3 Å². The lowest BCUT2D eigenvalue weighted by molar-refractivity contribution is 0.0791. The molecule has 1 aromatic heterocycles. The van der Waals surface area contributed by atoms with E-state index in [1.807, 2.05) is 0 Å². The van der Waals surface area contributed by atoms with Crippen molar-refractivity contribution in [3.63, 3.8) is 0 Å². The van der Waals surface area contributed by atoms with Crippen LogP contribution >= 0.6 is 0 Å². The lowest BCUT2D eigenvalue weighted by atomic mass is 10.1. The predicted molar refractivity (Wildman–Crippen MR) is 103 cm³/mol. The zero-order valence-corrected chi connectivity index (χ0v) is 15.6. The van der Waals surface area contributed by atoms with Gasteiger partial charge in [-0.3, -0.25) is 9.79 Å². The summed E-state index contributed by atoms with van der Waals surface area (Å²) in [5, 5.41) is 6.60. The minimum Gasteiger partial charge on any atom is -0.447 e. The van der Waals surface area contributed by atoms with Gasteiger partial charge < -0.3 is 20.0 Å². The van der Waals surface area contributed by atoms with Crippen LogP contribution in [-0.2, 0) is 13.0 Å². The molecule has 1 aliphatic carbocycles. The third-order valence-corrected chi connectivity index (χ3v) is 4.87. The van der Waals surface area contributed by atoms with Crippen LogP contribution < -0.4 is 10.6 Å². The Hall–Kier alpha value is -2.67. The molecule has 27 heavy (non-hydrogen) atoms. The highest BCUT2D eigenvalue weighted by Crippen LogP contribution is 2.19. The third-order valence-electron chi connectivity index (χ3n) is 4.87. The van der Waals surface area contributed by atoms with E-state index in [0.29, 0.717) is 30.7 Å². The van der Waals surface area contributed by atoms with E-state index in [1.165, 1.54) is 24.7 Å². The number of hydrogen-bond acceptors (Lipinski definition) is 6. The first-order valence-electron chi connectivity index (χ1n) is 9.50. The van der Waals surface area contributed by atoms with E-state index in [-0.39, 0.29) is 5.91 Å². The fourth-order valence-electron chi connectivity index (χ4n) is 3.02. The van der Waals surface area contributed by atoms with E-state index in [0.717, 1.165) is 30.9 Å². The van der Waals surface area contributed by atoms with Gasteiger partial charge in [-0.2, -0.15) is 0 Å². The minimum absolute atomic E-state index is 0.113. The molecule has 0 atom stereocenters. The molecular weight excluding hydrogens is 342 g/mol. The smallest absolute Gasteiger partial charge is 0.275 e. The summed E-state index contributed by atoms with van der Waals surface area (Å²) in [6.07, 6.45) is 4.66. The maximum Gasteiger partial charge on any atom is 0.275 e. The van der Waals surface area contributed by atoms with Gasteiger partial charge in [-0.25, -0.2) is 4.98 Å². The maximum atomic E-state index is 12.5. The highest BCUT2D eigenvalue weighted by Gasteiger charge is 2.22. The zero-order chi connectivity index (χ0) is 18.6. The summed E-state index contributed by atoms with van der Waals surface area (Å²) in [4.78, 5) is 22.9. The minimum atomic E-state index is -0.113. The third kappa shape index (κ3) is 4.54. The molecule has 2 aliphatic rings. The summed E-state index contributed by atoms with van der Waals surface area (Å²) in [7, 11) is 1.80.